The van der Waals surface area contributed by atoms with Crippen LogP contribution in [0.5, 0.6) is 0 Å². The van der Waals surface area contributed by atoms with Crippen molar-refractivity contribution < 1.29 is 9.84 Å². The Morgan fingerprint density at radius 2 is 2.37 bits per heavy atom. The van der Waals surface area contributed by atoms with Crippen LogP contribution in [0.15, 0.2) is 24.5 Å². The minimum atomic E-state index is -0.734. The average molecular weight is 282 g/mol. The number of halogens is 1. The highest BCUT2D eigenvalue weighted by Crippen LogP contribution is 2.17. The van der Waals surface area contributed by atoms with Crippen molar-refractivity contribution >= 4 is 17.2 Å². The molecule has 3 heterocycles. The summed E-state index contributed by atoms with van der Waals surface area (Å²) in [5, 5.41) is 14.0. The van der Waals surface area contributed by atoms with E-state index in [-0.39, 0.29) is 0 Å². The van der Waals surface area contributed by atoms with Crippen molar-refractivity contribution in [1.82, 2.24) is 14.7 Å². The molecule has 0 bridgehead atoms. The Hall–Kier alpha value is -1.14. The Morgan fingerprint density at radius 1 is 1.47 bits per heavy atom. The van der Waals surface area contributed by atoms with Gasteiger partial charge >= 0.3 is 0 Å². The molecule has 0 aliphatic carbocycles. The lowest BCUT2D eigenvalue weighted by Gasteiger charge is -2.20. The molecular weight excluding hydrogens is 266 g/mol. The third-order valence-electron chi connectivity index (χ3n) is 3.31. The van der Waals surface area contributed by atoms with Gasteiger partial charge in [-0.1, -0.05) is 11.6 Å². The largest absolute Gasteiger partial charge is 0.386 e. The smallest absolute Gasteiger partial charge is 0.137 e. The average Bonchev–Trinajstić information content (AvgIpc) is 2.95. The van der Waals surface area contributed by atoms with E-state index in [1.54, 1.807) is 0 Å². The summed E-state index contributed by atoms with van der Waals surface area (Å²) < 4.78 is 7.10. The van der Waals surface area contributed by atoms with Crippen LogP contribution in [0.3, 0.4) is 0 Å². The monoisotopic (exact) mass is 281 g/mol. The molecule has 0 amide bonds. The zero-order chi connectivity index (χ0) is 13.3. The molecule has 0 saturated carbocycles. The number of hydrogen-bond acceptors (Lipinski definition) is 4. The number of hydrogen-bond donors (Lipinski definition) is 2. The summed E-state index contributed by atoms with van der Waals surface area (Å²) in [6.45, 7) is 2.16. The van der Waals surface area contributed by atoms with Gasteiger partial charge in [-0.05, 0) is 12.1 Å². The van der Waals surface area contributed by atoms with Gasteiger partial charge in [0.15, 0.2) is 0 Å². The van der Waals surface area contributed by atoms with Crippen molar-refractivity contribution in [3.05, 3.63) is 35.2 Å². The number of nitrogens with one attached hydrogen (secondary N) is 1. The molecule has 19 heavy (non-hydrogen) atoms. The van der Waals surface area contributed by atoms with Crippen molar-refractivity contribution in [3.8, 4) is 0 Å². The maximum atomic E-state index is 10.1. The van der Waals surface area contributed by atoms with Crippen LogP contribution < -0.4 is 5.32 Å². The van der Waals surface area contributed by atoms with Crippen LogP contribution in [-0.2, 0) is 11.3 Å². The maximum Gasteiger partial charge on any atom is 0.137 e. The highest BCUT2D eigenvalue weighted by atomic mass is 35.5. The number of rotatable bonds is 4. The molecule has 2 aromatic heterocycles. The summed E-state index contributed by atoms with van der Waals surface area (Å²) in [5.41, 5.74) is 1.05. The molecular formula is C13H16ClN3O2. The van der Waals surface area contributed by atoms with Crippen molar-refractivity contribution in [2.24, 2.45) is 0 Å². The van der Waals surface area contributed by atoms with Crippen molar-refractivity contribution in [2.75, 3.05) is 19.8 Å². The fourth-order valence-corrected chi connectivity index (χ4v) is 2.43. The van der Waals surface area contributed by atoms with Crippen molar-refractivity contribution in [3.63, 3.8) is 0 Å². The second-order valence-corrected chi connectivity index (χ2v) is 5.41. The summed E-state index contributed by atoms with van der Waals surface area (Å²) >= 11 is 5.93. The third kappa shape index (κ3) is 2.90. The number of imidazole rings is 1. The van der Waals surface area contributed by atoms with Crippen molar-refractivity contribution in [2.45, 2.75) is 18.6 Å². The molecule has 1 saturated heterocycles. The Morgan fingerprint density at radius 3 is 3.16 bits per heavy atom. The minimum absolute atomic E-state index is 0.404. The van der Waals surface area contributed by atoms with Gasteiger partial charge in [0.1, 0.15) is 11.2 Å². The molecule has 5 nitrogen and oxygen atoms in total. The summed E-state index contributed by atoms with van der Waals surface area (Å²) in [4.78, 5) is 4.47. The van der Waals surface area contributed by atoms with Gasteiger partial charge in [0.2, 0.25) is 0 Å². The number of pyridine rings is 1. The zero-order valence-corrected chi connectivity index (χ0v) is 11.2. The van der Waals surface area contributed by atoms with E-state index in [9.17, 15) is 5.11 Å². The first-order chi connectivity index (χ1) is 9.15. The Balaban J connectivity index is 1.62. The van der Waals surface area contributed by atoms with Crippen LogP contribution in [0.25, 0.3) is 5.65 Å². The quantitative estimate of drug-likeness (QED) is 0.885. The number of aliphatic hydroxyl groups is 1. The molecule has 1 atom stereocenters. The highest BCUT2D eigenvalue weighted by molar-refractivity contribution is 6.30. The summed E-state index contributed by atoms with van der Waals surface area (Å²) in [6.07, 6.45) is 4.44. The van der Waals surface area contributed by atoms with Crippen LogP contribution in [0.2, 0.25) is 5.02 Å². The highest BCUT2D eigenvalue weighted by Gasteiger charge is 2.31. The van der Waals surface area contributed by atoms with E-state index in [1.165, 1.54) is 0 Å². The second-order valence-electron chi connectivity index (χ2n) is 4.98. The lowest BCUT2D eigenvalue weighted by atomic mass is 10.0. The first-order valence-corrected chi connectivity index (χ1v) is 6.66. The van der Waals surface area contributed by atoms with Gasteiger partial charge in [-0.2, -0.15) is 0 Å². The van der Waals surface area contributed by atoms with E-state index in [2.05, 4.69) is 10.3 Å². The Kier molecular flexibility index (Phi) is 3.45. The van der Waals surface area contributed by atoms with Gasteiger partial charge in [0.25, 0.3) is 0 Å². The lowest BCUT2D eigenvalue weighted by Crippen LogP contribution is -2.40. The standard InChI is InChI=1S/C13H16ClN3O2/c14-10-1-2-12-16-11(7-17(12)6-10)5-15-8-13(18)3-4-19-9-13/h1-2,6-7,15,18H,3-5,8-9H2. The number of aromatic nitrogens is 2. The van der Waals surface area contributed by atoms with Crippen LogP contribution in [0.1, 0.15) is 12.1 Å². The molecule has 2 N–H and O–H groups in total. The van der Waals surface area contributed by atoms with E-state index in [0.717, 1.165) is 11.3 Å². The van der Waals surface area contributed by atoms with E-state index >= 15 is 0 Å². The van der Waals surface area contributed by atoms with E-state index in [0.29, 0.717) is 37.7 Å². The second kappa shape index (κ2) is 5.09. The fourth-order valence-electron chi connectivity index (χ4n) is 2.26. The van der Waals surface area contributed by atoms with Gasteiger partial charge in [0.05, 0.1) is 17.3 Å². The summed E-state index contributed by atoms with van der Waals surface area (Å²) in [6, 6.07) is 3.70. The van der Waals surface area contributed by atoms with Crippen LogP contribution in [-0.4, -0.2) is 39.9 Å². The Bertz CT molecular complexity index is 578. The van der Waals surface area contributed by atoms with Crippen LogP contribution >= 0.6 is 11.6 Å². The van der Waals surface area contributed by atoms with Gasteiger partial charge in [-0.15, -0.1) is 0 Å². The normalized spacial score (nSPS) is 23.3. The third-order valence-corrected chi connectivity index (χ3v) is 3.53. The van der Waals surface area contributed by atoms with Gasteiger partial charge in [-0.3, -0.25) is 0 Å². The molecule has 1 aliphatic heterocycles. The van der Waals surface area contributed by atoms with Crippen LogP contribution in [0, 0.1) is 0 Å². The first-order valence-electron chi connectivity index (χ1n) is 6.29. The predicted octanol–water partition coefficient (Wildman–Crippen LogP) is 1.23. The number of fused-ring (bicyclic) bond motifs is 1. The molecule has 1 unspecified atom stereocenters. The zero-order valence-electron chi connectivity index (χ0n) is 10.5. The van der Waals surface area contributed by atoms with E-state index < -0.39 is 5.60 Å². The molecule has 1 fully saturated rings. The summed E-state index contributed by atoms with van der Waals surface area (Å²) in [7, 11) is 0. The predicted molar refractivity (Wildman–Crippen MR) is 72.3 cm³/mol. The van der Waals surface area contributed by atoms with Crippen molar-refractivity contribution in [1.29, 1.82) is 0 Å². The van der Waals surface area contributed by atoms with Gasteiger partial charge in [-0.25, -0.2) is 4.98 Å². The maximum absolute atomic E-state index is 10.1. The topological polar surface area (TPSA) is 58.8 Å². The van der Waals surface area contributed by atoms with Crippen LogP contribution in [0.4, 0.5) is 0 Å². The van der Waals surface area contributed by atoms with Gasteiger partial charge in [0, 0.05) is 38.5 Å². The molecule has 0 spiro atoms. The molecule has 3 rings (SSSR count). The SMILES string of the molecule is OC1(CNCc2cn3cc(Cl)ccc3n2)CCOC1. The first kappa shape index (κ1) is 12.9. The lowest BCUT2D eigenvalue weighted by molar-refractivity contribution is 0.0268. The molecule has 102 valence electrons. The van der Waals surface area contributed by atoms with Gasteiger partial charge < -0.3 is 19.6 Å². The Labute approximate surface area is 116 Å². The molecule has 0 aromatic carbocycles. The fraction of sp³-hybridized carbons (Fsp3) is 0.462. The number of ether oxygens (including phenoxy) is 1. The minimum Gasteiger partial charge on any atom is -0.386 e. The number of nitrogens with zero attached hydrogens (tertiary/aromatic N) is 2. The van der Waals surface area contributed by atoms with E-state index in [1.807, 2.05) is 28.9 Å². The molecule has 0 radical (unpaired) electrons. The molecule has 2 aromatic rings. The van der Waals surface area contributed by atoms with E-state index in [4.69, 9.17) is 16.3 Å². The molecule has 1 aliphatic rings. The molecule has 6 heteroatoms. The summed E-state index contributed by atoms with van der Waals surface area (Å²) in [5.74, 6) is 0.